The molecule has 0 aromatic carbocycles. The van der Waals surface area contributed by atoms with Gasteiger partial charge in [-0.1, -0.05) is 23.8 Å². The lowest BCUT2D eigenvalue weighted by atomic mass is 9.66. The lowest BCUT2D eigenvalue weighted by Crippen LogP contribution is -2.55. The fourth-order valence-electron chi connectivity index (χ4n) is 6.99. The molecule has 0 aromatic rings. The Hall–Kier alpha value is -1.66. The van der Waals surface area contributed by atoms with Gasteiger partial charge in [0, 0.05) is 25.7 Å². The maximum atomic E-state index is 13.1. The van der Waals surface area contributed by atoms with Crippen molar-refractivity contribution in [3.63, 3.8) is 0 Å². The highest BCUT2D eigenvalue weighted by atomic mass is 16.5. The summed E-state index contributed by atoms with van der Waals surface area (Å²) in [6.45, 7) is 3.06. The number of morpholine rings is 1. The summed E-state index contributed by atoms with van der Waals surface area (Å²) in [5, 5.41) is 3.33. The number of nitrogens with one attached hydrogen (secondary N) is 1. The molecule has 1 heterocycles. The molecule has 6 atom stereocenters. The van der Waals surface area contributed by atoms with Gasteiger partial charge in [-0.2, -0.15) is 0 Å². The number of nitrogens with zero attached hydrogens (tertiary/aromatic N) is 1. The van der Waals surface area contributed by atoms with Crippen molar-refractivity contribution in [3.05, 3.63) is 23.8 Å². The lowest BCUT2D eigenvalue weighted by Gasteiger charge is -2.43. The topological polar surface area (TPSA) is 67.9 Å². The molecule has 164 valence electrons. The molecule has 4 aliphatic carbocycles. The number of fused-ring (bicyclic) bond motifs is 1. The van der Waals surface area contributed by atoms with E-state index in [-0.39, 0.29) is 23.3 Å². The van der Waals surface area contributed by atoms with E-state index < -0.39 is 6.10 Å². The van der Waals surface area contributed by atoms with Gasteiger partial charge in [-0.15, -0.1) is 0 Å². The Balaban J connectivity index is 1.19. The molecule has 4 fully saturated rings. The van der Waals surface area contributed by atoms with E-state index in [9.17, 15) is 9.59 Å². The smallest absolute Gasteiger partial charge is 0.311 e. The van der Waals surface area contributed by atoms with Crippen molar-refractivity contribution in [2.45, 2.75) is 57.1 Å². The van der Waals surface area contributed by atoms with Gasteiger partial charge in [0.1, 0.15) is 6.10 Å². The maximum Gasteiger partial charge on any atom is 0.311 e. The van der Waals surface area contributed by atoms with Gasteiger partial charge in [0.15, 0.2) is 0 Å². The third-order valence-corrected chi connectivity index (χ3v) is 8.34. The minimum absolute atomic E-state index is 0.0237. The van der Waals surface area contributed by atoms with Crippen LogP contribution in [-0.2, 0) is 19.1 Å². The molecule has 0 radical (unpaired) electrons. The Morgan fingerprint density at radius 2 is 2.13 bits per heavy atom. The first-order chi connectivity index (χ1) is 14.6. The van der Waals surface area contributed by atoms with Gasteiger partial charge >= 0.3 is 5.97 Å². The van der Waals surface area contributed by atoms with Crippen LogP contribution in [0.4, 0.5) is 0 Å². The van der Waals surface area contributed by atoms with E-state index in [1.54, 1.807) is 0 Å². The van der Waals surface area contributed by atoms with E-state index in [0.29, 0.717) is 30.9 Å². The molecule has 1 saturated heterocycles. The number of carbonyl (C=O) groups excluding carboxylic acids is 2. The first kappa shape index (κ1) is 20.3. The average molecular weight is 415 g/mol. The van der Waals surface area contributed by atoms with Gasteiger partial charge in [-0.25, -0.2) is 0 Å². The predicted molar refractivity (Wildman–Crippen MR) is 113 cm³/mol. The highest BCUT2D eigenvalue weighted by Crippen LogP contribution is 2.64. The SMILES string of the molecule is COC(=O)C12CC3CCC(NC(=O)C4CN(CC5=CC=CCC5)CCO4)C(C1)[C@@H]3C2. The fraction of sp³-hybridized carbons (Fsp3) is 0.750. The highest BCUT2D eigenvalue weighted by molar-refractivity contribution is 5.82. The van der Waals surface area contributed by atoms with E-state index in [1.807, 2.05) is 0 Å². The van der Waals surface area contributed by atoms with E-state index in [4.69, 9.17) is 9.47 Å². The number of hydrogen-bond donors (Lipinski definition) is 1. The van der Waals surface area contributed by atoms with Crippen LogP contribution in [0.25, 0.3) is 0 Å². The second-order valence-electron chi connectivity index (χ2n) is 10.1. The number of hydrogen-bond acceptors (Lipinski definition) is 5. The summed E-state index contributed by atoms with van der Waals surface area (Å²) in [4.78, 5) is 27.9. The maximum absolute atomic E-state index is 13.1. The Morgan fingerprint density at radius 3 is 2.93 bits per heavy atom. The third kappa shape index (κ3) is 3.62. The summed E-state index contributed by atoms with van der Waals surface area (Å²) in [6.07, 6.45) is 13.3. The van der Waals surface area contributed by atoms with Gasteiger partial charge < -0.3 is 14.8 Å². The van der Waals surface area contributed by atoms with Gasteiger partial charge in [0.2, 0.25) is 0 Å². The first-order valence-electron chi connectivity index (χ1n) is 11.7. The zero-order chi connectivity index (χ0) is 20.7. The molecule has 5 rings (SSSR count). The van der Waals surface area contributed by atoms with Crippen LogP contribution in [0.1, 0.15) is 44.9 Å². The number of ether oxygens (including phenoxy) is 2. The van der Waals surface area contributed by atoms with Gasteiger partial charge in [-0.3, -0.25) is 14.5 Å². The summed E-state index contributed by atoms with van der Waals surface area (Å²) in [7, 11) is 1.50. The van der Waals surface area contributed by atoms with Crippen LogP contribution in [0.2, 0.25) is 0 Å². The molecule has 1 amide bonds. The number of esters is 1. The molecule has 2 bridgehead atoms. The van der Waals surface area contributed by atoms with Crippen molar-refractivity contribution >= 4 is 11.9 Å². The van der Waals surface area contributed by atoms with Crippen LogP contribution in [0.15, 0.2) is 23.8 Å². The molecule has 5 unspecified atom stereocenters. The first-order valence-corrected chi connectivity index (χ1v) is 11.7. The van der Waals surface area contributed by atoms with Gasteiger partial charge in [-0.05, 0) is 62.7 Å². The van der Waals surface area contributed by atoms with Crippen molar-refractivity contribution < 1.29 is 19.1 Å². The molecule has 0 aromatic heterocycles. The lowest BCUT2D eigenvalue weighted by molar-refractivity contribution is -0.153. The molecule has 6 heteroatoms. The molecule has 0 spiro atoms. The molecular weight excluding hydrogens is 380 g/mol. The standard InChI is InChI=1S/C24H34N2O4/c1-29-23(28)24-11-17-7-8-20(19(13-24)18(17)12-24)25-22(27)21-15-26(9-10-30-21)14-16-5-3-2-4-6-16/h2-3,5,17-21H,4,6-15H2,1H3,(H,25,27)/t17?,18-,19?,20?,21?,24?/m1/s1. The molecule has 1 N–H and O–H groups in total. The van der Waals surface area contributed by atoms with Crippen molar-refractivity contribution in [1.29, 1.82) is 0 Å². The minimum atomic E-state index is -0.399. The molecule has 3 saturated carbocycles. The van der Waals surface area contributed by atoms with Gasteiger partial charge in [0.05, 0.1) is 19.1 Å². The summed E-state index contributed by atoms with van der Waals surface area (Å²) in [6, 6.07) is 0.163. The number of carbonyl (C=O) groups is 2. The van der Waals surface area contributed by atoms with Gasteiger partial charge in [0.25, 0.3) is 5.91 Å². The fourth-order valence-corrected chi connectivity index (χ4v) is 6.99. The zero-order valence-corrected chi connectivity index (χ0v) is 18.0. The number of allylic oxidation sites excluding steroid dienone is 3. The summed E-state index contributed by atoms with van der Waals surface area (Å²) in [5.41, 5.74) is 1.14. The average Bonchev–Trinajstić information content (AvgIpc) is 3.35. The largest absolute Gasteiger partial charge is 0.469 e. The number of rotatable bonds is 5. The van der Waals surface area contributed by atoms with E-state index in [1.165, 1.54) is 12.7 Å². The Labute approximate surface area is 179 Å². The van der Waals surface area contributed by atoms with E-state index >= 15 is 0 Å². The second-order valence-corrected chi connectivity index (χ2v) is 10.1. The monoisotopic (exact) mass is 414 g/mol. The van der Waals surface area contributed by atoms with Crippen LogP contribution in [0, 0.1) is 23.2 Å². The predicted octanol–water partition coefficient (Wildman–Crippen LogP) is 2.45. The summed E-state index contributed by atoms with van der Waals surface area (Å²) < 4.78 is 11.0. The summed E-state index contributed by atoms with van der Waals surface area (Å²) >= 11 is 0. The minimum Gasteiger partial charge on any atom is -0.469 e. The molecule has 30 heavy (non-hydrogen) atoms. The van der Waals surface area contributed by atoms with Crippen molar-refractivity contribution in [1.82, 2.24) is 10.2 Å². The summed E-state index contributed by atoms with van der Waals surface area (Å²) in [5.74, 6) is 1.56. The molecular formula is C24H34N2O4. The van der Waals surface area contributed by atoms with Crippen molar-refractivity contribution in [3.8, 4) is 0 Å². The normalized spacial score (nSPS) is 40.2. The second kappa shape index (κ2) is 8.12. The number of methoxy groups -OCH3 is 1. The van der Waals surface area contributed by atoms with Crippen LogP contribution >= 0.6 is 0 Å². The Bertz CT molecular complexity index is 762. The molecule has 1 aliphatic heterocycles. The number of amides is 1. The van der Waals surface area contributed by atoms with Crippen LogP contribution in [-0.4, -0.2) is 62.3 Å². The van der Waals surface area contributed by atoms with Crippen molar-refractivity contribution in [2.75, 3.05) is 33.4 Å². The quantitative estimate of drug-likeness (QED) is 0.700. The Kier molecular flexibility index (Phi) is 5.48. The van der Waals surface area contributed by atoms with E-state index in [0.717, 1.165) is 58.0 Å². The van der Waals surface area contributed by atoms with Crippen molar-refractivity contribution in [2.24, 2.45) is 23.2 Å². The van der Waals surface area contributed by atoms with E-state index in [2.05, 4.69) is 28.4 Å². The third-order valence-electron chi connectivity index (χ3n) is 8.34. The van der Waals surface area contributed by atoms with Crippen LogP contribution in [0.5, 0.6) is 0 Å². The highest BCUT2D eigenvalue weighted by Gasteiger charge is 2.62. The molecule has 6 nitrogen and oxygen atoms in total. The molecule has 5 aliphatic rings. The zero-order valence-electron chi connectivity index (χ0n) is 18.0. The Morgan fingerprint density at radius 1 is 1.27 bits per heavy atom. The van der Waals surface area contributed by atoms with Crippen LogP contribution < -0.4 is 5.32 Å². The van der Waals surface area contributed by atoms with Crippen LogP contribution in [0.3, 0.4) is 0 Å².